The Balaban J connectivity index is 3.00. The van der Waals surface area contributed by atoms with E-state index in [0.717, 1.165) is 6.54 Å². The average molecular weight is 300 g/mol. The van der Waals surface area contributed by atoms with E-state index >= 15 is 0 Å². The maximum Gasteiger partial charge on any atom is 0.255 e. The third-order valence-corrected chi connectivity index (χ3v) is 3.17. The number of carbonyl (C=O) groups is 1. The molecule has 1 aromatic rings. The first-order chi connectivity index (χ1) is 9.51. The molecule has 0 spiro atoms. The van der Waals surface area contributed by atoms with E-state index in [1.165, 1.54) is 6.20 Å². The van der Waals surface area contributed by atoms with Gasteiger partial charge in [-0.05, 0) is 26.8 Å². The number of ether oxygens (including phenoxy) is 1. The van der Waals surface area contributed by atoms with Crippen LogP contribution in [0.1, 0.15) is 31.1 Å². The van der Waals surface area contributed by atoms with Crippen molar-refractivity contribution >= 4 is 23.3 Å². The minimum absolute atomic E-state index is 0.0736. The molecule has 0 atom stereocenters. The lowest BCUT2D eigenvalue weighted by Gasteiger charge is -2.27. The molecular weight excluding hydrogens is 278 g/mol. The third kappa shape index (κ3) is 4.35. The molecule has 112 valence electrons. The Hall–Kier alpha value is -1.33. The number of nitrogens with zero attached hydrogens (tertiary/aromatic N) is 2. The number of methoxy groups -OCH3 is 1. The largest absolute Gasteiger partial charge is 0.383 e. The lowest BCUT2D eigenvalue weighted by molar-refractivity contribution is 0.0635. The van der Waals surface area contributed by atoms with Crippen LogP contribution in [0.2, 0.25) is 5.02 Å². The fraction of sp³-hybridized carbons (Fsp3) is 0.571. The maximum atomic E-state index is 12.6. The van der Waals surface area contributed by atoms with Crippen molar-refractivity contribution in [2.75, 3.05) is 32.1 Å². The standard InChI is InChI=1S/C14H22ClN3O2/c1-5-16-13-8-11(12(15)9-17-13)14(19)18(10(2)3)6-7-20-4/h8-10H,5-7H2,1-4H3,(H,16,17). The van der Waals surface area contributed by atoms with Gasteiger partial charge in [-0.3, -0.25) is 4.79 Å². The van der Waals surface area contributed by atoms with Gasteiger partial charge in [0, 0.05) is 32.4 Å². The fourth-order valence-corrected chi connectivity index (χ4v) is 2.00. The van der Waals surface area contributed by atoms with E-state index in [9.17, 15) is 4.79 Å². The lowest BCUT2D eigenvalue weighted by atomic mass is 10.2. The molecule has 0 fully saturated rings. The van der Waals surface area contributed by atoms with Gasteiger partial charge in [0.2, 0.25) is 0 Å². The molecule has 0 aliphatic heterocycles. The summed E-state index contributed by atoms with van der Waals surface area (Å²) in [6.45, 7) is 7.66. The molecule has 0 radical (unpaired) electrons. The number of rotatable bonds is 7. The Morgan fingerprint density at radius 1 is 1.55 bits per heavy atom. The van der Waals surface area contributed by atoms with Crippen LogP contribution in [0.3, 0.4) is 0 Å². The van der Waals surface area contributed by atoms with E-state index in [2.05, 4.69) is 10.3 Å². The Morgan fingerprint density at radius 3 is 2.80 bits per heavy atom. The SMILES string of the molecule is CCNc1cc(C(=O)N(CCOC)C(C)C)c(Cl)cn1. The van der Waals surface area contributed by atoms with Crippen LogP contribution < -0.4 is 5.32 Å². The van der Waals surface area contributed by atoms with Crippen molar-refractivity contribution in [1.82, 2.24) is 9.88 Å². The van der Waals surface area contributed by atoms with Crippen molar-refractivity contribution in [3.8, 4) is 0 Å². The lowest BCUT2D eigenvalue weighted by Crippen LogP contribution is -2.39. The Labute approximate surface area is 125 Å². The molecule has 0 unspecified atom stereocenters. The van der Waals surface area contributed by atoms with Crippen molar-refractivity contribution in [2.45, 2.75) is 26.8 Å². The number of hydrogen-bond donors (Lipinski definition) is 1. The first-order valence-electron chi connectivity index (χ1n) is 6.70. The highest BCUT2D eigenvalue weighted by molar-refractivity contribution is 6.33. The molecule has 20 heavy (non-hydrogen) atoms. The second-order valence-corrected chi connectivity index (χ2v) is 5.07. The summed E-state index contributed by atoms with van der Waals surface area (Å²) in [6.07, 6.45) is 1.50. The number of pyridine rings is 1. The van der Waals surface area contributed by atoms with Gasteiger partial charge in [-0.15, -0.1) is 0 Å². The van der Waals surface area contributed by atoms with Gasteiger partial charge in [-0.25, -0.2) is 4.98 Å². The molecule has 0 aromatic carbocycles. The summed E-state index contributed by atoms with van der Waals surface area (Å²) in [4.78, 5) is 18.5. The quantitative estimate of drug-likeness (QED) is 0.841. The normalized spacial score (nSPS) is 10.7. The van der Waals surface area contributed by atoms with Crippen LogP contribution in [-0.2, 0) is 4.74 Å². The molecule has 0 aliphatic rings. The zero-order chi connectivity index (χ0) is 15.1. The molecule has 1 amide bonds. The van der Waals surface area contributed by atoms with E-state index in [-0.39, 0.29) is 11.9 Å². The van der Waals surface area contributed by atoms with Crippen LogP contribution in [0, 0.1) is 0 Å². The fourth-order valence-electron chi connectivity index (χ4n) is 1.82. The van der Waals surface area contributed by atoms with Gasteiger partial charge < -0.3 is 15.0 Å². The van der Waals surface area contributed by atoms with E-state index in [1.807, 2.05) is 20.8 Å². The van der Waals surface area contributed by atoms with Gasteiger partial charge >= 0.3 is 0 Å². The Bertz CT molecular complexity index is 452. The minimum Gasteiger partial charge on any atom is -0.383 e. The van der Waals surface area contributed by atoms with Crippen LogP contribution in [0.5, 0.6) is 0 Å². The summed E-state index contributed by atoms with van der Waals surface area (Å²) >= 11 is 6.11. The summed E-state index contributed by atoms with van der Waals surface area (Å²) < 4.78 is 5.05. The van der Waals surface area contributed by atoms with Crippen LogP contribution >= 0.6 is 11.6 Å². The van der Waals surface area contributed by atoms with E-state index in [0.29, 0.717) is 29.6 Å². The van der Waals surface area contributed by atoms with Gasteiger partial charge in [0.15, 0.2) is 0 Å². The summed E-state index contributed by atoms with van der Waals surface area (Å²) in [5.41, 5.74) is 0.461. The van der Waals surface area contributed by atoms with Gasteiger partial charge in [-0.1, -0.05) is 11.6 Å². The van der Waals surface area contributed by atoms with Crippen molar-refractivity contribution < 1.29 is 9.53 Å². The van der Waals surface area contributed by atoms with Gasteiger partial charge in [-0.2, -0.15) is 0 Å². The number of carbonyl (C=O) groups excluding carboxylic acids is 1. The monoisotopic (exact) mass is 299 g/mol. The molecular formula is C14H22ClN3O2. The maximum absolute atomic E-state index is 12.6. The van der Waals surface area contributed by atoms with Crippen LogP contribution in [-0.4, -0.2) is 48.6 Å². The Morgan fingerprint density at radius 2 is 2.25 bits per heavy atom. The summed E-state index contributed by atoms with van der Waals surface area (Å²) in [5, 5.41) is 3.44. The van der Waals surface area contributed by atoms with Crippen LogP contribution in [0.25, 0.3) is 0 Å². The summed E-state index contributed by atoms with van der Waals surface area (Å²) in [5.74, 6) is 0.541. The predicted octanol–water partition coefficient (Wildman–Crippen LogP) is 2.66. The molecule has 0 aliphatic carbocycles. The second kappa shape index (κ2) is 8.07. The number of anilines is 1. The minimum atomic E-state index is -0.108. The molecule has 0 saturated heterocycles. The number of amides is 1. The molecule has 1 rings (SSSR count). The topological polar surface area (TPSA) is 54.5 Å². The van der Waals surface area contributed by atoms with Gasteiger partial charge in [0.1, 0.15) is 5.82 Å². The van der Waals surface area contributed by atoms with Gasteiger partial charge in [0.25, 0.3) is 5.91 Å². The van der Waals surface area contributed by atoms with Crippen molar-refractivity contribution in [3.05, 3.63) is 22.8 Å². The van der Waals surface area contributed by atoms with E-state index in [1.54, 1.807) is 18.1 Å². The van der Waals surface area contributed by atoms with E-state index in [4.69, 9.17) is 16.3 Å². The number of aromatic nitrogens is 1. The summed E-state index contributed by atoms with van der Waals surface area (Å²) in [6, 6.07) is 1.76. The average Bonchev–Trinajstić information content (AvgIpc) is 2.41. The van der Waals surface area contributed by atoms with Crippen LogP contribution in [0.15, 0.2) is 12.3 Å². The highest BCUT2D eigenvalue weighted by atomic mass is 35.5. The van der Waals surface area contributed by atoms with E-state index < -0.39 is 0 Å². The van der Waals surface area contributed by atoms with Crippen molar-refractivity contribution in [1.29, 1.82) is 0 Å². The molecule has 1 heterocycles. The molecule has 0 bridgehead atoms. The number of halogens is 1. The highest BCUT2D eigenvalue weighted by Gasteiger charge is 2.21. The zero-order valence-corrected chi connectivity index (χ0v) is 13.2. The Kier molecular flexibility index (Phi) is 6.75. The first-order valence-corrected chi connectivity index (χ1v) is 7.08. The first kappa shape index (κ1) is 16.7. The molecule has 0 saturated carbocycles. The molecule has 1 aromatic heterocycles. The zero-order valence-electron chi connectivity index (χ0n) is 12.4. The smallest absolute Gasteiger partial charge is 0.255 e. The molecule has 1 N–H and O–H groups in total. The van der Waals surface area contributed by atoms with Crippen molar-refractivity contribution in [2.24, 2.45) is 0 Å². The van der Waals surface area contributed by atoms with Crippen LogP contribution in [0.4, 0.5) is 5.82 Å². The highest BCUT2D eigenvalue weighted by Crippen LogP contribution is 2.20. The third-order valence-electron chi connectivity index (χ3n) is 2.86. The number of hydrogen-bond acceptors (Lipinski definition) is 4. The predicted molar refractivity (Wildman–Crippen MR) is 81.5 cm³/mol. The number of nitrogens with one attached hydrogen (secondary N) is 1. The molecule has 5 nitrogen and oxygen atoms in total. The second-order valence-electron chi connectivity index (χ2n) is 4.66. The summed E-state index contributed by atoms with van der Waals surface area (Å²) in [7, 11) is 1.62. The van der Waals surface area contributed by atoms with Crippen molar-refractivity contribution in [3.63, 3.8) is 0 Å². The van der Waals surface area contributed by atoms with Gasteiger partial charge in [0.05, 0.1) is 17.2 Å². The molecule has 6 heteroatoms.